The van der Waals surface area contributed by atoms with E-state index in [1.54, 1.807) is 11.3 Å². The standard InChI is InChI=1S/C27H26N6S/c28-26-21-15-23(34-27(21)30-17-29-26)25-24(19-9-3-1-4-10-19)31-18-33(25)16-20-11-5-6-12-22(20)32-13-7-2-8-14-32/h1,3-6,9-12,15,17-18H,2,7-8,13-14,16H2,(H2,28,29,30). The molecule has 3 aromatic heterocycles. The van der Waals surface area contributed by atoms with Gasteiger partial charge in [-0.1, -0.05) is 48.5 Å². The molecule has 2 N–H and O–H groups in total. The number of hydrogen-bond acceptors (Lipinski definition) is 6. The fourth-order valence-corrected chi connectivity index (χ4v) is 5.90. The van der Waals surface area contributed by atoms with Crippen LogP contribution >= 0.6 is 11.3 Å². The Morgan fingerprint density at radius 3 is 2.50 bits per heavy atom. The molecule has 170 valence electrons. The molecule has 7 heteroatoms. The predicted octanol–water partition coefficient (Wildman–Crippen LogP) is 5.84. The van der Waals surface area contributed by atoms with E-state index in [1.165, 1.54) is 36.8 Å². The van der Waals surface area contributed by atoms with Gasteiger partial charge in [0.25, 0.3) is 0 Å². The molecule has 1 aliphatic rings. The molecule has 0 radical (unpaired) electrons. The topological polar surface area (TPSA) is 72.9 Å². The van der Waals surface area contributed by atoms with Gasteiger partial charge in [0.2, 0.25) is 0 Å². The first-order valence-corrected chi connectivity index (χ1v) is 12.5. The van der Waals surface area contributed by atoms with E-state index in [0.29, 0.717) is 5.82 Å². The number of para-hydroxylation sites is 1. The Hall–Kier alpha value is -3.71. The van der Waals surface area contributed by atoms with Crippen LogP contribution < -0.4 is 10.6 Å². The molecule has 6 nitrogen and oxygen atoms in total. The fourth-order valence-electron chi connectivity index (χ4n) is 4.83. The van der Waals surface area contributed by atoms with Gasteiger partial charge in [-0.2, -0.15) is 0 Å². The van der Waals surface area contributed by atoms with Crippen molar-refractivity contribution in [2.45, 2.75) is 25.8 Å². The lowest BCUT2D eigenvalue weighted by molar-refractivity contribution is 0.575. The van der Waals surface area contributed by atoms with Crippen molar-refractivity contribution < 1.29 is 0 Å². The summed E-state index contributed by atoms with van der Waals surface area (Å²) in [5.41, 5.74) is 11.9. The number of thiophene rings is 1. The smallest absolute Gasteiger partial charge is 0.135 e. The molecule has 1 saturated heterocycles. The Morgan fingerprint density at radius 1 is 0.882 bits per heavy atom. The summed E-state index contributed by atoms with van der Waals surface area (Å²) in [6, 6.07) is 21.2. The van der Waals surface area contributed by atoms with Gasteiger partial charge in [0.1, 0.15) is 17.0 Å². The maximum absolute atomic E-state index is 6.16. The SMILES string of the molecule is Nc1ncnc2sc(-c3c(-c4ccccc4)ncn3Cc3ccccc3N3CCCCC3)cc12. The average Bonchev–Trinajstić information content (AvgIpc) is 3.50. The van der Waals surface area contributed by atoms with Crippen molar-refractivity contribution in [1.82, 2.24) is 19.5 Å². The number of piperidine rings is 1. The number of nitrogens with two attached hydrogens (primary N) is 1. The predicted molar refractivity (Wildman–Crippen MR) is 140 cm³/mol. The summed E-state index contributed by atoms with van der Waals surface area (Å²) < 4.78 is 2.26. The van der Waals surface area contributed by atoms with Crippen molar-refractivity contribution >= 4 is 33.1 Å². The summed E-state index contributed by atoms with van der Waals surface area (Å²) in [6.45, 7) is 2.99. The van der Waals surface area contributed by atoms with Gasteiger partial charge >= 0.3 is 0 Å². The average molecular weight is 467 g/mol. The molecular formula is C27H26N6S. The Kier molecular flexibility index (Phi) is 5.47. The number of fused-ring (bicyclic) bond motifs is 1. The van der Waals surface area contributed by atoms with Crippen molar-refractivity contribution in [3.63, 3.8) is 0 Å². The van der Waals surface area contributed by atoms with Crippen LogP contribution in [0.25, 0.3) is 32.0 Å². The summed E-state index contributed by atoms with van der Waals surface area (Å²) in [5, 5.41) is 0.892. The molecule has 0 aliphatic carbocycles. The Morgan fingerprint density at radius 2 is 1.68 bits per heavy atom. The maximum Gasteiger partial charge on any atom is 0.135 e. The zero-order chi connectivity index (χ0) is 22.9. The van der Waals surface area contributed by atoms with Gasteiger partial charge in [0.15, 0.2) is 0 Å². The third-order valence-corrected chi connectivity index (χ3v) is 7.56. The van der Waals surface area contributed by atoms with Crippen LogP contribution in [0.2, 0.25) is 0 Å². The van der Waals surface area contributed by atoms with Crippen LogP contribution in [-0.2, 0) is 6.54 Å². The van der Waals surface area contributed by atoms with Gasteiger partial charge < -0.3 is 15.2 Å². The summed E-state index contributed by atoms with van der Waals surface area (Å²) in [7, 11) is 0. The molecule has 1 fully saturated rings. The number of nitrogen functional groups attached to an aromatic ring is 1. The number of aromatic nitrogens is 4. The van der Waals surface area contributed by atoms with Crippen LogP contribution in [0, 0.1) is 0 Å². The highest BCUT2D eigenvalue weighted by atomic mass is 32.1. The summed E-state index contributed by atoms with van der Waals surface area (Å²) in [4.78, 5) is 18.0. The number of anilines is 2. The lowest BCUT2D eigenvalue weighted by Crippen LogP contribution is -2.30. The van der Waals surface area contributed by atoms with Crippen LogP contribution in [0.5, 0.6) is 0 Å². The van der Waals surface area contributed by atoms with Gasteiger partial charge in [0.05, 0.1) is 34.5 Å². The second kappa shape index (κ2) is 8.91. The summed E-state index contributed by atoms with van der Waals surface area (Å²) in [6.07, 6.45) is 7.33. The second-order valence-corrected chi connectivity index (χ2v) is 9.73. The van der Waals surface area contributed by atoms with Crippen LogP contribution in [-0.4, -0.2) is 32.6 Å². The van der Waals surface area contributed by atoms with E-state index in [-0.39, 0.29) is 0 Å². The summed E-state index contributed by atoms with van der Waals surface area (Å²) in [5.74, 6) is 0.510. The van der Waals surface area contributed by atoms with Crippen molar-refractivity contribution in [2.75, 3.05) is 23.7 Å². The van der Waals surface area contributed by atoms with Gasteiger partial charge in [-0.05, 0) is 37.0 Å². The molecular weight excluding hydrogens is 440 g/mol. The second-order valence-electron chi connectivity index (χ2n) is 8.70. The largest absolute Gasteiger partial charge is 0.383 e. The molecule has 4 heterocycles. The Labute approximate surface area is 202 Å². The molecule has 0 atom stereocenters. The molecule has 5 aromatic rings. The highest BCUT2D eigenvalue weighted by molar-refractivity contribution is 7.21. The van der Waals surface area contributed by atoms with Crippen molar-refractivity contribution in [3.05, 3.63) is 78.9 Å². The lowest BCUT2D eigenvalue weighted by Gasteiger charge is -2.30. The van der Waals surface area contributed by atoms with E-state index in [2.05, 4.69) is 74.0 Å². The van der Waals surface area contributed by atoms with Crippen LogP contribution in [0.3, 0.4) is 0 Å². The quantitative estimate of drug-likeness (QED) is 0.352. The molecule has 2 aromatic carbocycles. The number of hydrogen-bond donors (Lipinski definition) is 1. The van der Waals surface area contributed by atoms with E-state index >= 15 is 0 Å². The van der Waals surface area contributed by atoms with E-state index in [9.17, 15) is 0 Å². The maximum atomic E-state index is 6.16. The number of benzene rings is 2. The first kappa shape index (κ1) is 20.9. The molecule has 34 heavy (non-hydrogen) atoms. The lowest BCUT2D eigenvalue weighted by atomic mass is 10.1. The first-order valence-electron chi connectivity index (χ1n) is 11.7. The Balaban J connectivity index is 1.48. The minimum Gasteiger partial charge on any atom is -0.383 e. The molecule has 0 saturated carbocycles. The molecule has 0 amide bonds. The molecule has 1 aliphatic heterocycles. The highest BCUT2D eigenvalue weighted by Gasteiger charge is 2.20. The van der Waals surface area contributed by atoms with Gasteiger partial charge in [-0.25, -0.2) is 15.0 Å². The number of rotatable bonds is 5. The van der Waals surface area contributed by atoms with Gasteiger partial charge in [-0.15, -0.1) is 11.3 Å². The molecule has 0 spiro atoms. The summed E-state index contributed by atoms with van der Waals surface area (Å²) >= 11 is 1.63. The zero-order valence-electron chi connectivity index (χ0n) is 18.9. The number of imidazole rings is 1. The Bertz CT molecular complexity index is 1430. The van der Waals surface area contributed by atoms with Crippen molar-refractivity contribution in [1.29, 1.82) is 0 Å². The zero-order valence-corrected chi connectivity index (χ0v) is 19.7. The van der Waals surface area contributed by atoms with E-state index in [4.69, 9.17) is 10.7 Å². The molecule has 6 rings (SSSR count). The van der Waals surface area contributed by atoms with Gasteiger partial charge in [0, 0.05) is 24.3 Å². The highest BCUT2D eigenvalue weighted by Crippen LogP contribution is 2.39. The van der Waals surface area contributed by atoms with Crippen molar-refractivity contribution in [3.8, 4) is 21.8 Å². The van der Waals surface area contributed by atoms with Crippen LogP contribution in [0.4, 0.5) is 11.5 Å². The minimum atomic E-state index is 0.510. The van der Waals surface area contributed by atoms with Crippen LogP contribution in [0.15, 0.2) is 73.3 Å². The number of nitrogens with zero attached hydrogens (tertiary/aromatic N) is 5. The third kappa shape index (κ3) is 3.82. The minimum absolute atomic E-state index is 0.510. The third-order valence-electron chi connectivity index (χ3n) is 6.51. The van der Waals surface area contributed by atoms with E-state index < -0.39 is 0 Å². The molecule has 0 unspecified atom stereocenters. The van der Waals surface area contributed by atoms with Gasteiger partial charge in [-0.3, -0.25) is 0 Å². The molecule has 0 bridgehead atoms. The van der Waals surface area contributed by atoms with Crippen LogP contribution in [0.1, 0.15) is 24.8 Å². The van der Waals surface area contributed by atoms with E-state index in [1.807, 2.05) is 12.4 Å². The first-order chi connectivity index (χ1) is 16.8. The monoisotopic (exact) mass is 466 g/mol. The normalized spacial score (nSPS) is 14.1. The fraction of sp³-hybridized carbons (Fsp3) is 0.222. The van der Waals surface area contributed by atoms with Crippen molar-refractivity contribution in [2.24, 2.45) is 0 Å². The van der Waals surface area contributed by atoms with E-state index in [0.717, 1.165) is 51.7 Å².